The molecule has 18 heavy (non-hydrogen) atoms. The average Bonchev–Trinajstić information content (AvgIpc) is 2.42. The molecule has 0 radical (unpaired) electrons. The molecule has 0 aliphatic carbocycles. The molecule has 0 saturated carbocycles. The third-order valence-electron chi connectivity index (χ3n) is 2.81. The van der Waals surface area contributed by atoms with Gasteiger partial charge >= 0.3 is 0 Å². The van der Waals surface area contributed by atoms with Gasteiger partial charge in [0.05, 0.1) is 5.71 Å². The SMILES string of the molecule is C=CC/C(=N\NCC)c1ccc(CN)cc1CC. The van der Waals surface area contributed by atoms with E-state index < -0.39 is 0 Å². The highest BCUT2D eigenvalue weighted by Gasteiger charge is 2.08. The van der Waals surface area contributed by atoms with E-state index in [1.165, 1.54) is 11.1 Å². The van der Waals surface area contributed by atoms with Crippen molar-refractivity contribution in [3.05, 3.63) is 47.5 Å². The highest BCUT2D eigenvalue weighted by molar-refractivity contribution is 6.02. The van der Waals surface area contributed by atoms with Crippen LogP contribution in [0.25, 0.3) is 0 Å². The number of rotatable bonds is 7. The zero-order chi connectivity index (χ0) is 13.4. The van der Waals surface area contributed by atoms with Gasteiger partial charge < -0.3 is 11.2 Å². The number of benzene rings is 1. The second-order valence-electron chi connectivity index (χ2n) is 4.11. The maximum Gasteiger partial charge on any atom is 0.0715 e. The lowest BCUT2D eigenvalue weighted by Crippen LogP contribution is -2.12. The lowest BCUT2D eigenvalue weighted by atomic mass is 9.97. The molecule has 0 aliphatic heterocycles. The van der Waals surface area contributed by atoms with Gasteiger partial charge in [-0.15, -0.1) is 6.58 Å². The number of nitrogens with two attached hydrogens (primary N) is 1. The third-order valence-corrected chi connectivity index (χ3v) is 2.81. The lowest BCUT2D eigenvalue weighted by Gasteiger charge is -2.11. The predicted molar refractivity (Wildman–Crippen MR) is 78.7 cm³/mol. The van der Waals surface area contributed by atoms with Crippen LogP contribution in [-0.2, 0) is 13.0 Å². The van der Waals surface area contributed by atoms with Crippen LogP contribution >= 0.6 is 0 Å². The highest BCUT2D eigenvalue weighted by atomic mass is 15.3. The largest absolute Gasteiger partial charge is 0.326 e. The van der Waals surface area contributed by atoms with Crippen LogP contribution in [0, 0.1) is 0 Å². The maximum absolute atomic E-state index is 5.68. The molecule has 0 fully saturated rings. The topological polar surface area (TPSA) is 50.4 Å². The van der Waals surface area contributed by atoms with E-state index in [0.29, 0.717) is 6.54 Å². The van der Waals surface area contributed by atoms with Crippen molar-refractivity contribution < 1.29 is 0 Å². The van der Waals surface area contributed by atoms with Crippen molar-refractivity contribution in [3.8, 4) is 0 Å². The molecular formula is C15H23N3. The molecule has 3 N–H and O–H groups in total. The number of hydrazone groups is 1. The Hall–Kier alpha value is -1.61. The Morgan fingerprint density at radius 1 is 1.44 bits per heavy atom. The van der Waals surface area contributed by atoms with Gasteiger partial charge in [-0.25, -0.2) is 0 Å². The number of aryl methyl sites for hydroxylation is 1. The van der Waals surface area contributed by atoms with Crippen molar-refractivity contribution in [2.24, 2.45) is 10.8 Å². The van der Waals surface area contributed by atoms with Crippen LogP contribution in [0.5, 0.6) is 0 Å². The molecule has 1 aromatic carbocycles. The van der Waals surface area contributed by atoms with E-state index in [1.807, 2.05) is 13.0 Å². The van der Waals surface area contributed by atoms with Crippen molar-refractivity contribution >= 4 is 5.71 Å². The summed E-state index contributed by atoms with van der Waals surface area (Å²) in [7, 11) is 0. The lowest BCUT2D eigenvalue weighted by molar-refractivity contribution is 0.780. The van der Waals surface area contributed by atoms with E-state index in [9.17, 15) is 0 Å². The molecule has 0 unspecified atom stereocenters. The minimum absolute atomic E-state index is 0.578. The van der Waals surface area contributed by atoms with E-state index in [-0.39, 0.29) is 0 Å². The third kappa shape index (κ3) is 3.70. The van der Waals surface area contributed by atoms with E-state index in [2.05, 4.69) is 42.2 Å². The zero-order valence-corrected chi connectivity index (χ0v) is 11.4. The molecule has 0 spiro atoms. The summed E-state index contributed by atoms with van der Waals surface area (Å²) in [4.78, 5) is 0. The molecule has 0 aliphatic rings. The second kappa shape index (κ2) is 7.67. The first-order valence-electron chi connectivity index (χ1n) is 6.49. The monoisotopic (exact) mass is 245 g/mol. The molecule has 0 bridgehead atoms. The standard InChI is InChI=1S/C15H23N3/c1-4-7-15(18-17-6-3)14-9-8-12(11-16)10-13(14)5-2/h4,8-10,17H,1,5-7,11,16H2,2-3H3/b18-15+. The molecule has 98 valence electrons. The Labute approximate surface area is 110 Å². The molecule has 0 aromatic heterocycles. The normalized spacial score (nSPS) is 11.4. The van der Waals surface area contributed by atoms with Crippen LogP contribution < -0.4 is 11.2 Å². The molecular weight excluding hydrogens is 222 g/mol. The van der Waals surface area contributed by atoms with Crippen LogP contribution in [0.2, 0.25) is 0 Å². The van der Waals surface area contributed by atoms with Crippen LogP contribution in [0.3, 0.4) is 0 Å². The molecule has 0 atom stereocenters. The molecule has 3 nitrogen and oxygen atoms in total. The Morgan fingerprint density at radius 2 is 2.22 bits per heavy atom. The van der Waals surface area contributed by atoms with Crippen LogP contribution in [0.15, 0.2) is 36.0 Å². The summed E-state index contributed by atoms with van der Waals surface area (Å²) in [6, 6.07) is 6.35. The number of allylic oxidation sites excluding steroid dienone is 1. The number of hydrogen-bond acceptors (Lipinski definition) is 3. The van der Waals surface area contributed by atoms with Gasteiger partial charge in [0.2, 0.25) is 0 Å². The van der Waals surface area contributed by atoms with Gasteiger partial charge in [0.1, 0.15) is 0 Å². The number of hydrogen-bond donors (Lipinski definition) is 2. The van der Waals surface area contributed by atoms with Crippen molar-refractivity contribution in [3.63, 3.8) is 0 Å². The quantitative estimate of drug-likeness (QED) is 0.441. The first kappa shape index (κ1) is 14.5. The summed E-state index contributed by atoms with van der Waals surface area (Å²) < 4.78 is 0. The maximum atomic E-state index is 5.68. The predicted octanol–water partition coefficient (Wildman–Crippen LogP) is 2.60. The van der Waals surface area contributed by atoms with Gasteiger partial charge in [-0.3, -0.25) is 0 Å². The molecule has 1 rings (SSSR count). The molecule has 0 heterocycles. The molecule has 0 amide bonds. The zero-order valence-electron chi connectivity index (χ0n) is 11.4. The van der Waals surface area contributed by atoms with Crippen molar-refractivity contribution in [1.29, 1.82) is 0 Å². The van der Waals surface area contributed by atoms with Gasteiger partial charge in [0, 0.05) is 25.1 Å². The van der Waals surface area contributed by atoms with Crippen molar-refractivity contribution in [2.75, 3.05) is 6.54 Å². The van der Waals surface area contributed by atoms with Gasteiger partial charge in [-0.2, -0.15) is 5.10 Å². The van der Waals surface area contributed by atoms with Crippen LogP contribution in [0.4, 0.5) is 0 Å². The summed E-state index contributed by atoms with van der Waals surface area (Å²) in [6.07, 6.45) is 3.62. The van der Waals surface area contributed by atoms with Gasteiger partial charge in [-0.05, 0) is 24.5 Å². The Morgan fingerprint density at radius 3 is 2.78 bits per heavy atom. The molecule has 3 heteroatoms. The number of nitrogens with one attached hydrogen (secondary N) is 1. The van der Waals surface area contributed by atoms with Crippen LogP contribution in [0.1, 0.15) is 37.0 Å². The Bertz CT molecular complexity index is 422. The second-order valence-corrected chi connectivity index (χ2v) is 4.11. The fraction of sp³-hybridized carbons (Fsp3) is 0.400. The summed E-state index contributed by atoms with van der Waals surface area (Å²) in [5.74, 6) is 0. The van der Waals surface area contributed by atoms with Gasteiger partial charge in [0.15, 0.2) is 0 Å². The number of nitrogens with zero attached hydrogens (tertiary/aromatic N) is 1. The molecule has 0 saturated heterocycles. The van der Waals surface area contributed by atoms with Crippen molar-refractivity contribution in [2.45, 2.75) is 33.2 Å². The first-order valence-corrected chi connectivity index (χ1v) is 6.49. The van der Waals surface area contributed by atoms with Gasteiger partial charge in [-0.1, -0.05) is 31.2 Å². The van der Waals surface area contributed by atoms with Gasteiger partial charge in [0.25, 0.3) is 0 Å². The summed E-state index contributed by atoms with van der Waals surface area (Å²) in [5, 5.41) is 4.43. The summed E-state index contributed by atoms with van der Waals surface area (Å²) in [5.41, 5.74) is 13.4. The van der Waals surface area contributed by atoms with Crippen LogP contribution in [-0.4, -0.2) is 12.3 Å². The van der Waals surface area contributed by atoms with Crippen molar-refractivity contribution in [1.82, 2.24) is 5.43 Å². The minimum Gasteiger partial charge on any atom is -0.326 e. The fourth-order valence-electron chi connectivity index (χ4n) is 1.88. The first-order chi connectivity index (χ1) is 8.76. The Balaban J connectivity index is 3.14. The summed E-state index contributed by atoms with van der Waals surface area (Å²) in [6.45, 7) is 9.38. The highest BCUT2D eigenvalue weighted by Crippen LogP contribution is 2.15. The minimum atomic E-state index is 0.578. The Kier molecular flexibility index (Phi) is 6.15. The average molecular weight is 245 g/mol. The fourth-order valence-corrected chi connectivity index (χ4v) is 1.88. The summed E-state index contributed by atoms with van der Waals surface area (Å²) >= 11 is 0. The molecule has 1 aromatic rings. The van der Waals surface area contributed by atoms with E-state index in [1.54, 1.807) is 0 Å². The van der Waals surface area contributed by atoms with E-state index in [0.717, 1.165) is 30.7 Å². The smallest absolute Gasteiger partial charge is 0.0715 e. The van der Waals surface area contributed by atoms with E-state index in [4.69, 9.17) is 5.73 Å². The van der Waals surface area contributed by atoms with E-state index >= 15 is 0 Å².